The molecule has 3 aromatic rings. The molecule has 2 atom stereocenters. The van der Waals surface area contributed by atoms with Crippen molar-refractivity contribution in [2.45, 2.75) is 38.3 Å². The van der Waals surface area contributed by atoms with E-state index in [1.54, 1.807) is 20.4 Å². The van der Waals surface area contributed by atoms with Gasteiger partial charge in [-0.2, -0.15) is 0 Å². The Labute approximate surface area is 179 Å². The number of nitrogens with zero attached hydrogens (tertiary/aromatic N) is 4. The second-order valence-corrected chi connectivity index (χ2v) is 8.09. The minimum atomic E-state index is -0.170. The molecule has 0 bridgehead atoms. The molecule has 1 aliphatic heterocycles. The average Bonchev–Trinajstić information content (AvgIpc) is 3.38. The third kappa shape index (κ3) is 3.64. The van der Waals surface area contributed by atoms with Crippen LogP contribution < -0.4 is 19.5 Å². The molecule has 2 unspecified atom stereocenters. The van der Waals surface area contributed by atoms with E-state index < -0.39 is 0 Å². The average molecular weight is 423 g/mol. The first kappa shape index (κ1) is 19.6. The second-order valence-electron chi connectivity index (χ2n) is 8.09. The van der Waals surface area contributed by atoms with Crippen molar-refractivity contribution in [1.82, 2.24) is 24.8 Å². The van der Waals surface area contributed by atoms with Crippen molar-refractivity contribution in [2.75, 3.05) is 20.8 Å². The Morgan fingerprint density at radius 1 is 1.16 bits per heavy atom. The summed E-state index contributed by atoms with van der Waals surface area (Å²) in [6, 6.07) is 4.22. The van der Waals surface area contributed by atoms with Gasteiger partial charge in [0.25, 0.3) is 5.88 Å². The lowest BCUT2D eigenvalue weighted by atomic mass is 10.0. The number of hydrogen-bond donors (Lipinski definition) is 1. The van der Waals surface area contributed by atoms with Crippen molar-refractivity contribution in [3.8, 4) is 28.8 Å². The first-order chi connectivity index (χ1) is 15.1. The molecule has 31 heavy (non-hydrogen) atoms. The lowest BCUT2D eigenvalue weighted by Crippen LogP contribution is -2.26. The van der Waals surface area contributed by atoms with E-state index >= 15 is 0 Å². The Bertz CT molecular complexity index is 1140. The summed E-state index contributed by atoms with van der Waals surface area (Å²) in [5.74, 6) is 1.63. The van der Waals surface area contributed by atoms with Gasteiger partial charge in [-0.15, -0.1) is 0 Å². The van der Waals surface area contributed by atoms with Crippen LogP contribution in [0.3, 0.4) is 0 Å². The van der Waals surface area contributed by atoms with Crippen molar-refractivity contribution in [1.29, 1.82) is 0 Å². The molecule has 1 N–H and O–H groups in total. The Balaban J connectivity index is 1.57. The van der Waals surface area contributed by atoms with Crippen LogP contribution in [0.15, 0.2) is 24.7 Å². The van der Waals surface area contributed by atoms with Crippen LogP contribution in [0.1, 0.15) is 32.2 Å². The fourth-order valence-corrected chi connectivity index (χ4v) is 3.99. The largest absolute Gasteiger partial charge is 0.491 e. The smallest absolute Gasteiger partial charge is 0.256 e. The van der Waals surface area contributed by atoms with Crippen LogP contribution in [0.25, 0.3) is 22.3 Å². The zero-order chi connectivity index (χ0) is 21.5. The number of amides is 1. The number of pyridine rings is 2. The maximum atomic E-state index is 11.7. The first-order valence-corrected chi connectivity index (χ1v) is 10.5. The van der Waals surface area contributed by atoms with Crippen LogP contribution in [0.5, 0.6) is 17.5 Å². The van der Waals surface area contributed by atoms with E-state index in [0.717, 1.165) is 29.4 Å². The molecular formula is C22H25N5O4. The Morgan fingerprint density at radius 2 is 2.00 bits per heavy atom. The van der Waals surface area contributed by atoms with Gasteiger partial charge in [0.15, 0.2) is 5.75 Å². The molecule has 1 amide bonds. The molecule has 9 nitrogen and oxygen atoms in total. The molecule has 5 rings (SSSR count). The molecule has 0 radical (unpaired) electrons. The summed E-state index contributed by atoms with van der Waals surface area (Å²) < 4.78 is 19.2. The highest BCUT2D eigenvalue weighted by molar-refractivity contribution is 5.85. The zero-order valence-electron chi connectivity index (χ0n) is 17.8. The van der Waals surface area contributed by atoms with E-state index in [-0.39, 0.29) is 17.9 Å². The van der Waals surface area contributed by atoms with Gasteiger partial charge in [-0.3, -0.25) is 4.79 Å². The normalized spacial score (nSPS) is 19.3. The SMILES string of the molecule is COc1cc(-c2cc3ncn(C4CC4)c3c(OC(C)C3CNC(=O)C3)n2)cnc1OC. The van der Waals surface area contributed by atoms with E-state index in [0.29, 0.717) is 42.2 Å². The van der Waals surface area contributed by atoms with Crippen molar-refractivity contribution in [3.63, 3.8) is 0 Å². The number of imidazole rings is 1. The number of fused-ring (bicyclic) bond motifs is 1. The third-order valence-electron chi connectivity index (χ3n) is 5.96. The van der Waals surface area contributed by atoms with Gasteiger partial charge in [-0.1, -0.05) is 0 Å². The number of nitrogens with one attached hydrogen (secondary N) is 1. The summed E-state index contributed by atoms with van der Waals surface area (Å²) in [7, 11) is 3.12. The van der Waals surface area contributed by atoms with Crippen LogP contribution >= 0.6 is 0 Å². The van der Waals surface area contributed by atoms with Crippen molar-refractivity contribution < 1.29 is 19.0 Å². The molecule has 4 heterocycles. The van der Waals surface area contributed by atoms with Gasteiger partial charge >= 0.3 is 0 Å². The van der Waals surface area contributed by atoms with Crippen molar-refractivity contribution >= 4 is 16.9 Å². The van der Waals surface area contributed by atoms with E-state index in [1.807, 2.05) is 25.4 Å². The standard InChI is InChI=1S/C22H25N5O4/c1-12(13-7-19(28)23-9-13)31-22-20-17(25-11-27(20)15-4-5-15)8-16(26-22)14-6-18(29-2)21(30-3)24-10-14/h6,8,10-13,15H,4-5,7,9H2,1-3H3,(H,23,28). The van der Waals surface area contributed by atoms with Crippen LogP contribution in [-0.2, 0) is 4.79 Å². The van der Waals surface area contributed by atoms with Gasteiger partial charge in [0, 0.05) is 36.7 Å². The van der Waals surface area contributed by atoms with Crippen LogP contribution in [0.4, 0.5) is 0 Å². The molecule has 0 aromatic carbocycles. The van der Waals surface area contributed by atoms with Gasteiger partial charge in [0.1, 0.15) is 11.6 Å². The molecule has 1 saturated carbocycles. The van der Waals surface area contributed by atoms with Crippen LogP contribution in [-0.4, -0.2) is 52.3 Å². The number of ether oxygens (including phenoxy) is 3. The van der Waals surface area contributed by atoms with Gasteiger partial charge in [0.05, 0.1) is 31.8 Å². The summed E-state index contributed by atoms with van der Waals surface area (Å²) in [6.45, 7) is 2.60. The fraction of sp³-hybridized carbons (Fsp3) is 0.455. The van der Waals surface area contributed by atoms with Gasteiger partial charge in [-0.05, 0) is 31.9 Å². The quantitative estimate of drug-likeness (QED) is 0.624. The highest BCUT2D eigenvalue weighted by Crippen LogP contribution is 2.41. The van der Waals surface area contributed by atoms with Crippen LogP contribution in [0, 0.1) is 5.92 Å². The molecular weight excluding hydrogens is 398 g/mol. The van der Waals surface area contributed by atoms with Gasteiger partial charge < -0.3 is 24.1 Å². The number of hydrogen-bond acceptors (Lipinski definition) is 7. The molecule has 1 aliphatic carbocycles. The summed E-state index contributed by atoms with van der Waals surface area (Å²) in [6.07, 6.45) is 6.10. The maximum absolute atomic E-state index is 11.7. The second kappa shape index (κ2) is 7.72. The molecule has 3 aromatic heterocycles. The minimum absolute atomic E-state index is 0.0618. The molecule has 2 fully saturated rings. The van der Waals surface area contributed by atoms with Crippen LogP contribution in [0.2, 0.25) is 0 Å². The summed E-state index contributed by atoms with van der Waals surface area (Å²) >= 11 is 0. The molecule has 2 aliphatic rings. The number of carbonyl (C=O) groups is 1. The summed E-state index contributed by atoms with van der Waals surface area (Å²) in [5.41, 5.74) is 3.17. The van der Waals surface area contributed by atoms with E-state index in [2.05, 4.69) is 19.9 Å². The maximum Gasteiger partial charge on any atom is 0.256 e. The predicted octanol–water partition coefficient (Wildman–Crippen LogP) is 2.75. The topological polar surface area (TPSA) is 100 Å². The molecule has 9 heteroatoms. The summed E-state index contributed by atoms with van der Waals surface area (Å²) in [4.78, 5) is 25.5. The Morgan fingerprint density at radius 3 is 2.68 bits per heavy atom. The lowest BCUT2D eigenvalue weighted by molar-refractivity contribution is -0.119. The van der Waals surface area contributed by atoms with E-state index in [9.17, 15) is 4.79 Å². The fourth-order valence-electron chi connectivity index (χ4n) is 3.99. The van der Waals surface area contributed by atoms with E-state index in [4.69, 9.17) is 19.2 Å². The van der Waals surface area contributed by atoms with Crippen molar-refractivity contribution in [3.05, 3.63) is 24.7 Å². The molecule has 1 saturated heterocycles. The zero-order valence-corrected chi connectivity index (χ0v) is 17.8. The summed E-state index contributed by atoms with van der Waals surface area (Å²) in [5, 5.41) is 2.88. The third-order valence-corrected chi connectivity index (χ3v) is 5.96. The number of aromatic nitrogens is 4. The highest BCUT2D eigenvalue weighted by Gasteiger charge is 2.31. The predicted molar refractivity (Wildman–Crippen MR) is 113 cm³/mol. The van der Waals surface area contributed by atoms with E-state index in [1.165, 1.54) is 0 Å². The number of rotatable bonds is 7. The Hall–Kier alpha value is -3.36. The Kier molecular flexibility index (Phi) is 4.88. The molecule has 0 spiro atoms. The highest BCUT2D eigenvalue weighted by atomic mass is 16.5. The first-order valence-electron chi connectivity index (χ1n) is 10.5. The van der Waals surface area contributed by atoms with Crippen molar-refractivity contribution in [2.24, 2.45) is 5.92 Å². The lowest BCUT2D eigenvalue weighted by Gasteiger charge is -2.20. The molecule has 162 valence electrons. The van der Waals surface area contributed by atoms with Gasteiger partial charge in [-0.25, -0.2) is 15.0 Å². The minimum Gasteiger partial charge on any atom is -0.491 e. The van der Waals surface area contributed by atoms with Gasteiger partial charge in [0.2, 0.25) is 11.8 Å². The monoisotopic (exact) mass is 423 g/mol. The number of methoxy groups -OCH3 is 2. The number of carbonyl (C=O) groups excluding carboxylic acids is 1.